The summed E-state index contributed by atoms with van der Waals surface area (Å²) in [5.74, 6) is -0.907. The Morgan fingerprint density at radius 2 is 1.78 bits per heavy atom. The summed E-state index contributed by atoms with van der Waals surface area (Å²) < 4.78 is 26.2. The van der Waals surface area contributed by atoms with E-state index in [9.17, 15) is 9.18 Å². The van der Waals surface area contributed by atoms with E-state index >= 15 is 0 Å². The molecule has 168 valence electrons. The third kappa shape index (κ3) is 4.20. The van der Waals surface area contributed by atoms with E-state index in [1.807, 2.05) is 31.2 Å². The molecule has 2 aromatic rings. The van der Waals surface area contributed by atoms with E-state index in [1.165, 1.54) is 11.1 Å². The molecule has 0 aromatic heterocycles. The zero-order valence-corrected chi connectivity index (χ0v) is 18.3. The molecule has 0 aliphatic carbocycles. The highest BCUT2D eigenvalue weighted by Crippen LogP contribution is 2.35. The molecule has 6 nitrogen and oxygen atoms in total. The van der Waals surface area contributed by atoms with Crippen LogP contribution in [0.3, 0.4) is 0 Å². The van der Waals surface area contributed by atoms with Gasteiger partial charge < -0.3 is 9.47 Å². The molecule has 1 amide bonds. The first-order chi connectivity index (χ1) is 15.5. The first-order valence-electron chi connectivity index (χ1n) is 11.2. The van der Waals surface area contributed by atoms with Gasteiger partial charge >= 0.3 is 0 Å². The Balaban J connectivity index is 1.35. The maximum absolute atomic E-state index is 14.7. The van der Waals surface area contributed by atoms with Crippen LogP contribution in [0.1, 0.15) is 42.0 Å². The van der Waals surface area contributed by atoms with Gasteiger partial charge in [-0.05, 0) is 18.6 Å². The number of hydrogen-bond donors (Lipinski definition) is 0. The fraction of sp³-hybridized carbons (Fsp3) is 0.440. The third-order valence-corrected chi connectivity index (χ3v) is 6.61. The summed E-state index contributed by atoms with van der Waals surface area (Å²) in [6.45, 7) is 4.98. The van der Waals surface area contributed by atoms with Crippen LogP contribution in [0.5, 0.6) is 0 Å². The number of carbonyl (C=O) groups excluding carboxylic acids is 1. The lowest BCUT2D eigenvalue weighted by atomic mass is 9.97. The summed E-state index contributed by atoms with van der Waals surface area (Å²) in [7, 11) is 0. The van der Waals surface area contributed by atoms with Crippen molar-refractivity contribution in [3.8, 4) is 0 Å². The lowest BCUT2D eigenvalue weighted by Gasteiger charge is -2.37. The van der Waals surface area contributed by atoms with Crippen molar-refractivity contribution in [2.75, 3.05) is 32.8 Å². The number of halogens is 1. The second kappa shape index (κ2) is 8.73. The molecule has 0 saturated carbocycles. The Morgan fingerprint density at radius 1 is 1.09 bits per heavy atom. The summed E-state index contributed by atoms with van der Waals surface area (Å²) >= 11 is 0. The van der Waals surface area contributed by atoms with E-state index in [0.717, 1.165) is 42.8 Å². The van der Waals surface area contributed by atoms with Crippen LogP contribution in [-0.4, -0.2) is 60.2 Å². The predicted octanol–water partition coefficient (Wildman–Crippen LogP) is 3.65. The Kier molecular flexibility index (Phi) is 5.80. The van der Waals surface area contributed by atoms with Gasteiger partial charge in [-0.15, -0.1) is 0 Å². The smallest absolute Gasteiger partial charge is 0.257 e. The second-order valence-corrected chi connectivity index (χ2v) is 8.78. The van der Waals surface area contributed by atoms with Gasteiger partial charge in [-0.1, -0.05) is 48.0 Å². The highest BCUT2D eigenvalue weighted by Gasteiger charge is 2.41. The number of hydrazone groups is 1. The number of likely N-dealkylation sites (tertiary alicyclic amines) is 1. The SMILES string of the molecule is Cc1ccc(C2=NN(C(=O)CN3CCC4(CC3)OCCO4)[C@H](c3ccccc3F)C2)cc1. The minimum atomic E-state index is -0.473. The molecule has 2 saturated heterocycles. The molecular formula is C25H28FN3O3. The predicted molar refractivity (Wildman–Crippen MR) is 119 cm³/mol. The summed E-state index contributed by atoms with van der Waals surface area (Å²) in [5, 5.41) is 6.17. The van der Waals surface area contributed by atoms with E-state index in [1.54, 1.807) is 18.2 Å². The molecule has 1 spiro atoms. The fourth-order valence-electron chi connectivity index (χ4n) is 4.75. The van der Waals surface area contributed by atoms with Crippen molar-refractivity contribution >= 4 is 11.6 Å². The zero-order valence-electron chi connectivity index (χ0n) is 18.3. The van der Waals surface area contributed by atoms with Gasteiger partial charge in [-0.2, -0.15) is 5.10 Å². The van der Waals surface area contributed by atoms with E-state index in [2.05, 4.69) is 10.0 Å². The van der Waals surface area contributed by atoms with Gasteiger partial charge in [0.15, 0.2) is 5.79 Å². The minimum absolute atomic E-state index is 0.121. The quantitative estimate of drug-likeness (QED) is 0.733. The minimum Gasteiger partial charge on any atom is -0.347 e. The van der Waals surface area contributed by atoms with Gasteiger partial charge in [0.25, 0.3) is 5.91 Å². The summed E-state index contributed by atoms with van der Waals surface area (Å²) in [5.41, 5.74) is 3.42. The van der Waals surface area contributed by atoms with Crippen LogP contribution in [0.25, 0.3) is 0 Å². The Morgan fingerprint density at radius 3 is 2.47 bits per heavy atom. The van der Waals surface area contributed by atoms with E-state index < -0.39 is 11.8 Å². The number of amides is 1. The number of ether oxygens (including phenoxy) is 2. The number of benzene rings is 2. The molecule has 32 heavy (non-hydrogen) atoms. The van der Waals surface area contributed by atoms with Gasteiger partial charge in [-0.3, -0.25) is 9.69 Å². The molecule has 0 unspecified atom stereocenters. The molecule has 2 fully saturated rings. The van der Waals surface area contributed by atoms with Crippen molar-refractivity contribution in [1.29, 1.82) is 0 Å². The molecule has 3 aliphatic rings. The molecule has 2 aromatic carbocycles. The molecule has 5 rings (SSSR count). The number of rotatable bonds is 4. The lowest BCUT2D eigenvalue weighted by Crippen LogP contribution is -2.48. The van der Waals surface area contributed by atoms with Gasteiger partial charge in [0.2, 0.25) is 0 Å². The van der Waals surface area contributed by atoms with Crippen LogP contribution in [0, 0.1) is 12.7 Å². The van der Waals surface area contributed by atoms with Crippen molar-refractivity contribution in [1.82, 2.24) is 9.91 Å². The number of nitrogens with zero attached hydrogens (tertiary/aromatic N) is 3. The van der Waals surface area contributed by atoms with Crippen molar-refractivity contribution < 1.29 is 18.7 Å². The van der Waals surface area contributed by atoms with E-state index in [-0.39, 0.29) is 18.3 Å². The van der Waals surface area contributed by atoms with Gasteiger partial charge in [0, 0.05) is 37.9 Å². The average molecular weight is 438 g/mol. The molecule has 7 heteroatoms. The van der Waals surface area contributed by atoms with Crippen LogP contribution < -0.4 is 0 Å². The van der Waals surface area contributed by atoms with Crippen LogP contribution in [0.15, 0.2) is 53.6 Å². The van der Waals surface area contributed by atoms with Gasteiger partial charge in [-0.25, -0.2) is 9.40 Å². The van der Waals surface area contributed by atoms with Crippen LogP contribution in [-0.2, 0) is 14.3 Å². The summed E-state index contributed by atoms with van der Waals surface area (Å²) in [4.78, 5) is 15.5. The second-order valence-electron chi connectivity index (χ2n) is 8.78. The molecule has 0 N–H and O–H groups in total. The summed E-state index contributed by atoms with van der Waals surface area (Å²) in [6, 6.07) is 14.3. The highest BCUT2D eigenvalue weighted by atomic mass is 19.1. The maximum atomic E-state index is 14.7. The van der Waals surface area contributed by atoms with Crippen molar-refractivity contribution in [3.63, 3.8) is 0 Å². The maximum Gasteiger partial charge on any atom is 0.257 e. The average Bonchev–Trinajstić information content (AvgIpc) is 3.44. The molecule has 0 radical (unpaired) electrons. The highest BCUT2D eigenvalue weighted by molar-refractivity contribution is 6.03. The van der Waals surface area contributed by atoms with Gasteiger partial charge in [0.1, 0.15) is 5.82 Å². The zero-order chi connectivity index (χ0) is 22.1. The number of piperidine rings is 1. The molecule has 1 atom stereocenters. The van der Waals surface area contributed by atoms with Crippen molar-refractivity contribution in [3.05, 3.63) is 71.0 Å². The van der Waals surface area contributed by atoms with Crippen LogP contribution in [0.4, 0.5) is 4.39 Å². The first kappa shape index (κ1) is 21.2. The standard InChI is InChI=1S/C25H28FN3O3/c1-18-6-8-19(9-7-18)22-16-23(20-4-2-3-5-21(20)26)29(27-22)24(30)17-28-12-10-25(11-13-28)31-14-15-32-25/h2-9,23H,10-17H2,1H3/t23-/m0/s1. The molecular weight excluding hydrogens is 409 g/mol. The monoisotopic (exact) mass is 437 g/mol. The Hall–Kier alpha value is -2.61. The number of aryl methyl sites for hydroxylation is 1. The van der Waals surface area contributed by atoms with Gasteiger partial charge in [0.05, 0.1) is 31.5 Å². The molecule has 3 heterocycles. The third-order valence-electron chi connectivity index (χ3n) is 6.61. The topological polar surface area (TPSA) is 54.4 Å². The van der Waals surface area contributed by atoms with Crippen LogP contribution >= 0.6 is 0 Å². The van der Waals surface area contributed by atoms with E-state index in [4.69, 9.17) is 9.47 Å². The van der Waals surface area contributed by atoms with E-state index in [0.29, 0.717) is 25.2 Å². The van der Waals surface area contributed by atoms with Crippen molar-refractivity contribution in [2.45, 2.75) is 38.0 Å². The number of carbonyl (C=O) groups is 1. The molecule has 0 bridgehead atoms. The van der Waals surface area contributed by atoms with Crippen LogP contribution in [0.2, 0.25) is 0 Å². The largest absolute Gasteiger partial charge is 0.347 e. The normalized spacial score (nSPS) is 23.0. The Bertz CT molecular complexity index is 1010. The van der Waals surface area contributed by atoms with Crippen molar-refractivity contribution in [2.24, 2.45) is 5.10 Å². The fourth-order valence-corrected chi connectivity index (χ4v) is 4.75. The molecule has 3 aliphatic heterocycles. The Labute approximate surface area is 187 Å². The first-order valence-corrected chi connectivity index (χ1v) is 11.2. The lowest BCUT2D eigenvalue weighted by molar-refractivity contribution is -0.186. The summed E-state index contributed by atoms with van der Waals surface area (Å²) in [6.07, 6.45) is 1.98. The number of hydrogen-bond acceptors (Lipinski definition) is 5.